The van der Waals surface area contributed by atoms with E-state index in [0.717, 1.165) is 53.5 Å². The molecule has 0 spiro atoms. The standard InChI is InChI=1S/C46H26N4OS/c1-2-11-27(12-3-1)43-48-44(28-21-23-34-32-15-5-4-13-30(32)31-14-6-7-16-33(31)37(34)25-28)50-45(49-43)36-17-10-20-40-42(36)35-24-22-29(26-41(35)52-40)46-47-38-18-8-9-19-39(38)51-46/h1-26H. The van der Waals surface area contributed by atoms with E-state index in [9.17, 15) is 0 Å². The first-order chi connectivity index (χ1) is 25.7. The molecular weight excluding hydrogens is 657 g/mol. The van der Waals surface area contributed by atoms with Crippen LogP contribution in [0.5, 0.6) is 0 Å². The lowest BCUT2D eigenvalue weighted by molar-refractivity contribution is 0.620. The van der Waals surface area contributed by atoms with E-state index in [0.29, 0.717) is 23.4 Å². The van der Waals surface area contributed by atoms with E-state index in [1.807, 2.05) is 42.5 Å². The van der Waals surface area contributed by atoms with Gasteiger partial charge in [-0.2, -0.15) is 0 Å². The molecule has 0 saturated heterocycles. The highest BCUT2D eigenvalue weighted by Gasteiger charge is 2.19. The van der Waals surface area contributed by atoms with Crippen LogP contribution < -0.4 is 0 Å². The van der Waals surface area contributed by atoms with Gasteiger partial charge in [0.15, 0.2) is 23.1 Å². The van der Waals surface area contributed by atoms with Gasteiger partial charge in [-0.25, -0.2) is 19.9 Å². The molecular formula is C46H26N4OS. The fourth-order valence-corrected chi connectivity index (χ4v) is 8.70. The van der Waals surface area contributed by atoms with Crippen LogP contribution in [-0.4, -0.2) is 19.9 Å². The van der Waals surface area contributed by atoms with Gasteiger partial charge < -0.3 is 4.42 Å². The Labute approximate surface area is 301 Å². The average Bonchev–Trinajstić information content (AvgIpc) is 3.83. The van der Waals surface area contributed by atoms with Gasteiger partial charge in [-0.15, -0.1) is 11.3 Å². The smallest absolute Gasteiger partial charge is 0.227 e. The second-order valence-corrected chi connectivity index (χ2v) is 14.1. The van der Waals surface area contributed by atoms with Crippen molar-refractivity contribution in [3.63, 3.8) is 0 Å². The zero-order chi connectivity index (χ0) is 34.2. The van der Waals surface area contributed by atoms with Gasteiger partial charge in [0.2, 0.25) is 5.89 Å². The molecule has 11 aromatic rings. The van der Waals surface area contributed by atoms with Gasteiger partial charge in [0.1, 0.15) is 5.52 Å². The van der Waals surface area contributed by atoms with E-state index < -0.39 is 0 Å². The molecule has 3 aromatic heterocycles. The SMILES string of the molecule is c1ccc(-c2nc(-c3ccc4c5ccccc5c5ccccc5c4c3)nc(-c3cccc4sc5cc(-c6nc7ccccc7o6)ccc5c34)n2)cc1. The van der Waals surface area contributed by atoms with Crippen LogP contribution in [0.15, 0.2) is 162 Å². The largest absolute Gasteiger partial charge is 0.436 e. The van der Waals surface area contributed by atoms with Gasteiger partial charge >= 0.3 is 0 Å². The number of hydrogen-bond acceptors (Lipinski definition) is 6. The summed E-state index contributed by atoms with van der Waals surface area (Å²) in [5.74, 6) is 2.53. The molecule has 3 heterocycles. The van der Waals surface area contributed by atoms with Crippen LogP contribution in [0.1, 0.15) is 0 Å². The van der Waals surface area contributed by atoms with Gasteiger partial charge in [-0.05, 0) is 68.7 Å². The molecule has 0 aliphatic carbocycles. The van der Waals surface area contributed by atoms with Crippen LogP contribution in [-0.2, 0) is 0 Å². The lowest BCUT2D eigenvalue weighted by atomic mass is 9.93. The minimum absolute atomic E-state index is 0.617. The summed E-state index contributed by atoms with van der Waals surface area (Å²) in [7, 11) is 0. The monoisotopic (exact) mass is 682 g/mol. The number of fused-ring (bicyclic) bond motifs is 10. The number of aromatic nitrogens is 4. The van der Waals surface area contributed by atoms with E-state index in [1.165, 1.54) is 32.3 Å². The molecule has 0 N–H and O–H groups in total. The molecule has 11 rings (SSSR count). The van der Waals surface area contributed by atoms with Crippen molar-refractivity contribution < 1.29 is 4.42 Å². The Kier molecular flexibility index (Phi) is 6.35. The molecule has 52 heavy (non-hydrogen) atoms. The molecule has 0 aliphatic rings. The maximum atomic E-state index is 6.12. The van der Waals surface area contributed by atoms with Gasteiger partial charge in [0.25, 0.3) is 0 Å². The minimum Gasteiger partial charge on any atom is -0.436 e. The van der Waals surface area contributed by atoms with Crippen LogP contribution in [0.25, 0.3) is 109 Å². The van der Waals surface area contributed by atoms with E-state index in [-0.39, 0.29) is 0 Å². The fourth-order valence-electron chi connectivity index (χ4n) is 7.53. The number of nitrogens with zero attached hydrogens (tertiary/aromatic N) is 4. The van der Waals surface area contributed by atoms with Gasteiger partial charge in [0, 0.05) is 42.4 Å². The van der Waals surface area contributed by atoms with Crippen molar-refractivity contribution in [3.05, 3.63) is 158 Å². The number of benzene rings is 8. The van der Waals surface area contributed by atoms with Crippen LogP contribution in [0, 0.1) is 0 Å². The van der Waals surface area contributed by atoms with Crippen molar-refractivity contribution in [3.8, 4) is 45.6 Å². The lowest BCUT2D eigenvalue weighted by Gasteiger charge is -2.13. The van der Waals surface area contributed by atoms with Crippen LogP contribution in [0.3, 0.4) is 0 Å². The predicted molar refractivity (Wildman–Crippen MR) is 215 cm³/mol. The summed E-state index contributed by atoms with van der Waals surface area (Å²) in [5, 5.41) is 9.59. The molecule has 0 unspecified atom stereocenters. The molecule has 0 radical (unpaired) electrons. The fraction of sp³-hybridized carbons (Fsp3) is 0. The number of rotatable bonds is 4. The van der Waals surface area contributed by atoms with Crippen molar-refractivity contribution in [2.24, 2.45) is 0 Å². The van der Waals surface area contributed by atoms with Gasteiger partial charge in [-0.3, -0.25) is 0 Å². The summed E-state index contributed by atoms with van der Waals surface area (Å²) in [6.07, 6.45) is 0. The van der Waals surface area contributed by atoms with Crippen LogP contribution in [0.2, 0.25) is 0 Å². The average molecular weight is 683 g/mol. The number of hydrogen-bond donors (Lipinski definition) is 0. The number of para-hydroxylation sites is 2. The molecule has 0 saturated carbocycles. The van der Waals surface area contributed by atoms with Crippen LogP contribution >= 0.6 is 11.3 Å². The molecule has 6 heteroatoms. The molecule has 0 bridgehead atoms. The summed E-state index contributed by atoms with van der Waals surface area (Å²) in [5.41, 5.74) is 5.43. The molecule has 0 atom stereocenters. The quantitative estimate of drug-likeness (QED) is 0.173. The summed E-state index contributed by atoms with van der Waals surface area (Å²) in [4.78, 5) is 20.2. The molecule has 5 nitrogen and oxygen atoms in total. The van der Waals surface area contributed by atoms with Crippen molar-refractivity contribution in [2.75, 3.05) is 0 Å². The Balaban J connectivity index is 1.12. The first-order valence-corrected chi connectivity index (χ1v) is 18.0. The van der Waals surface area contributed by atoms with Gasteiger partial charge in [0.05, 0.1) is 0 Å². The second-order valence-electron chi connectivity index (χ2n) is 13.0. The Bertz CT molecular complexity index is 3130. The predicted octanol–water partition coefficient (Wildman–Crippen LogP) is 12.5. The topological polar surface area (TPSA) is 64.7 Å². The van der Waals surface area contributed by atoms with Gasteiger partial charge in [-0.1, -0.05) is 121 Å². The summed E-state index contributed by atoms with van der Waals surface area (Å²) < 4.78 is 8.43. The van der Waals surface area contributed by atoms with E-state index in [4.69, 9.17) is 24.4 Å². The summed E-state index contributed by atoms with van der Waals surface area (Å²) >= 11 is 1.75. The van der Waals surface area contributed by atoms with Crippen molar-refractivity contribution >= 4 is 74.9 Å². The normalized spacial score (nSPS) is 11.8. The molecule has 8 aromatic carbocycles. The number of oxazole rings is 1. The highest BCUT2D eigenvalue weighted by atomic mass is 32.1. The first-order valence-electron chi connectivity index (χ1n) is 17.2. The molecule has 0 aliphatic heterocycles. The Morgan fingerprint density at radius 1 is 0.385 bits per heavy atom. The summed E-state index contributed by atoms with van der Waals surface area (Å²) in [6.45, 7) is 0. The Morgan fingerprint density at radius 3 is 1.77 bits per heavy atom. The lowest BCUT2D eigenvalue weighted by Crippen LogP contribution is -2.00. The molecule has 242 valence electrons. The summed E-state index contributed by atoms with van der Waals surface area (Å²) in [6, 6.07) is 54.7. The van der Waals surface area contributed by atoms with Crippen molar-refractivity contribution in [1.82, 2.24) is 19.9 Å². The molecule has 0 amide bonds. The van der Waals surface area contributed by atoms with Crippen molar-refractivity contribution in [2.45, 2.75) is 0 Å². The molecule has 0 fully saturated rings. The Morgan fingerprint density at radius 2 is 1.00 bits per heavy atom. The highest BCUT2D eigenvalue weighted by Crippen LogP contribution is 2.42. The highest BCUT2D eigenvalue weighted by molar-refractivity contribution is 7.26. The van der Waals surface area contributed by atoms with E-state index in [1.54, 1.807) is 11.3 Å². The first kappa shape index (κ1) is 29.0. The maximum absolute atomic E-state index is 6.12. The Hall–Kier alpha value is -6.76. The third-order valence-electron chi connectivity index (χ3n) is 9.95. The second kappa shape index (κ2) is 11.4. The third kappa shape index (κ3) is 4.55. The zero-order valence-electron chi connectivity index (χ0n) is 27.6. The third-order valence-corrected chi connectivity index (χ3v) is 11.1. The van der Waals surface area contributed by atoms with Crippen LogP contribution in [0.4, 0.5) is 0 Å². The van der Waals surface area contributed by atoms with E-state index in [2.05, 4.69) is 115 Å². The van der Waals surface area contributed by atoms with E-state index >= 15 is 0 Å². The number of thiophene rings is 1. The van der Waals surface area contributed by atoms with Crippen molar-refractivity contribution in [1.29, 1.82) is 0 Å². The minimum atomic E-state index is 0.617. The zero-order valence-corrected chi connectivity index (χ0v) is 28.4. The maximum Gasteiger partial charge on any atom is 0.227 e.